The Morgan fingerprint density at radius 3 is 3.00 bits per heavy atom. The summed E-state index contributed by atoms with van der Waals surface area (Å²) in [6, 6.07) is 6.29. The molecule has 2 aliphatic rings. The van der Waals surface area contributed by atoms with Crippen molar-refractivity contribution in [2.75, 3.05) is 26.7 Å². The smallest absolute Gasteiger partial charge is 0.254 e. The molecule has 3 rings (SSSR count). The fourth-order valence-electron chi connectivity index (χ4n) is 3.21. The van der Waals surface area contributed by atoms with E-state index in [0.717, 1.165) is 26.1 Å². The Hall–Kier alpha value is -1.42. The van der Waals surface area contributed by atoms with Gasteiger partial charge in [-0.25, -0.2) is 4.39 Å². The summed E-state index contributed by atoms with van der Waals surface area (Å²) in [5.41, 5.74) is 0.463. The zero-order valence-electron chi connectivity index (χ0n) is 10.5. The van der Waals surface area contributed by atoms with Gasteiger partial charge in [0.2, 0.25) is 0 Å². The number of hydrogen-bond acceptors (Lipinski definition) is 2. The maximum Gasteiger partial charge on any atom is 0.254 e. The highest BCUT2D eigenvalue weighted by molar-refractivity contribution is 5.94. The topological polar surface area (TPSA) is 23.6 Å². The maximum atomic E-state index is 13.2. The standard InChI is InChI=1S/C14H17FN2O/c1-16-8-11-5-6-17(13(11)9-16)14(18)10-3-2-4-12(15)7-10/h2-4,7,11,13H,5-6,8-9H2,1H3/t11-,13-/m1/s1. The number of hydrogen-bond donors (Lipinski definition) is 0. The second-order valence-electron chi connectivity index (χ2n) is 5.35. The Bertz CT molecular complexity index is 477. The molecule has 0 saturated carbocycles. The molecule has 2 atom stereocenters. The monoisotopic (exact) mass is 248 g/mol. The van der Waals surface area contributed by atoms with Crippen LogP contribution in [0, 0.1) is 11.7 Å². The number of benzene rings is 1. The highest BCUT2D eigenvalue weighted by Crippen LogP contribution is 2.31. The van der Waals surface area contributed by atoms with Crippen LogP contribution in [0.4, 0.5) is 4.39 Å². The predicted molar refractivity (Wildman–Crippen MR) is 66.8 cm³/mol. The summed E-state index contributed by atoms with van der Waals surface area (Å²) in [5.74, 6) is 0.213. The molecule has 1 amide bonds. The van der Waals surface area contributed by atoms with E-state index in [9.17, 15) is 9.18 Å². The maximum absolute atomic E-state index is 13.2. The number of likely N-dealkylation sites (tertiary alicyclic amines) is 2. The first-order chi connectivity index (χ1) is 8.65. The van der Waals surface area contributed by atoms with Gasteiger partial charge in [0.15, 0.2) is 0 Å². The summed E-state index contributed by atoms with van der Waals surface area (Å²) in [7, 11) is 2.09. The van der Waals surface area contributed by atoms with Crippen LogP contribution in [0.3, 0.4) is 0 Å². The van der Waals surface area contributed by atoms with Crippen LogP contribution in [0.1, 0.15) is 16.8 Å². The third-order valence-electron chi connectivity index (χ3n) is 4.06. The Kier molecular flexibility index (Phi) is 2.82. The fraction of sp³-hybridized carbons (Fsp3) is 0.500. The zero-order valence-corrected chi connectivity index (χ0v) is 10.5. The van der Waals surface area contributed by atoms with Gasteiger partial charge in [-0.1, -0.05) is 6.07 Å². The molecule has 0 aromatic heterocycles. The number of amides is 1. The van der Waals surface area contributed by atoms with Gasteiger partial charge in [-0.3, -0.25) is 4.79 Å². The first-order valence-corrected chi connectivity index (χ1v) is 6.40. The molecule has 0 spiro atoms. The molecule has 2 aliphatic heterocycles. The van der Waals surface area contributed by atoms with Crippen LogP contribution in [0.15, 0.2) is 24.3 Å². The second-order valence-corrected chi connectivity index (χ2v) is 5.35. The Labute approximate surface area is 106 Å². The normalized spacial score (nSPS) is 27.6. The number of likely N-dealkylation sites (N-methyl/N-ethyl adjacent to an activating group) is 1. The summed E-state index contributed by atoms with van der Waals surface area (Å²) in [5, 5.41) is 0. The second kappa shape index (κ2) is 4.35. The summed E-state index contributed by atoms with van der Waals surface area (Å²) >= 11 is 0. The molecule has 2 saturated heterocycles. The van der Waals surface area contributed by atoms with Crippen molar-refractivity contribution >= 4 is 5.91 Å². The van der Waals surface area contributed by atoms with E-state index in [1.807, 2.05) is 4.90 Å². The largest absolute Gasteiger partial charge is 0.334 e. The molecule has 96 valence electrons. The lowest BCUT2D eigenvalue weighted by molar-refractivity contribution is 0.0729. The van der Waals surface area contributed by atoms with Gasteiger partial charge in [0.05, 0.1) is 0 Å². The average Bonchev–Trinajstić information content (AvgIpc) is 2.87. The quantitative estimate of drug-likeness (QED) is 0.753. The van der Waals surface area contributed by atoms with Crippen molar-refractivity contribution in [1.29, 1.82) is 0 Å². The van der Waals surface area contributed by atoms with E-state index in [4.69, 9.17) is 0 Å². The highest BCUT2D eigenvalue weighted by atomic mass is 19.1. The number of nitrogens with zero attached hydrogens (tertiary/aromatic N) is 2. The van der Waals surface area contributed by atoms with Crippen molar-refractivity contribution in [3.05, 3.63) is 35.6 Å². The van der Waals surface area contributed by atoms with Crippen molar-refractivity contribution in [1.82, 2.24) is 9.80 Å². The number of fused-ring (bicyclic) bond motifs is 1. The number of halogens is 1. The van der Waals surface area contributed by atoms with E-state index in [-0.39, 0.29) is 11.7 Å². The lowest BCUT2D eigenvalue weighted by atomic mass is 10.0. The first kappa shape index (κ1) is 11.7. The SMILES string of the molecule is CN1C[C@H]2CCN(C(=O)c3cccc(F)c3)[C@@H]2C1. The average molecular weight is 248 g/mol. The van der Waals surface area contributed by atoms with Gasteiger partial charge >= 0.3 is 0 Å². The third kappa shape index (κ3) is 1.90. The van der Waals surface area contributed by atoms with Gasteiger partial charge in [0.25, 0.3) is 5.91 Å². The molecule has 0 unspecified atom stereocenters. The summed E-state index contributed by atoms with van der Waals surface area (Å²) in [6.45, 7) is 2.81. The van der Waals surface area contributed by atoms with Crippen LogP contribution in [0.5, 0.6) is 0 Å². The van der Waals surface area contributed by atoms with Gasteiger partial charge in [-0.15, -0.1) is 0 Å². The van der Waals surface area contributed by atoms with Crippen LogP contribution >= 0.6 is 0 Å². The molecule has 0 radical (unpaired) electrons. The molecule has 2 fully saturated rings. The van der Waals surface area contributed by atoms with E-state index in [1.165, 1.54) is 12.1 Å². The van der Waals surface area contributed by atoms with Gasteiger partial charge in [0.1, 0.15) is 5.82 Å². The number of carbonyl (C=O) groups is 1. The minimum absolute atomic E-state index is 0.0303. The fourth-order valence-corrected chi connectivity index (χ4v) is 3.21. The van der Waals surface area contributed by atoms with Gasteiger partial charge in [-0.05, 0) is 37.6 Å². The summed E-state index contributed by atoms with van der Waals surface area (Å²) in [6.07, 6.45) is 1.07. The van der Waals surface area contributed by atoms with Crippen molar-refractivity contribution < 1.29 is 9.18 Å². The van der Waals surface area contributed by atoms with Gasteiger partial charge < -0.3 is 9.80 Å². The predicted octanol–water partition coefficient (Wildman–Crippen LogP) is 1.60. The third-order valence-corrected chi connectivity index (χ3v) is 4.06. The molecule has 0 aliphatic carbocycles. The molecule has 0 bridgehead atoms. The van der Waals surface area contributed by atoms with Crippen LogP contribution in [-0.2, 0) is 0 Å². The van der Waals surface area contributed by atoms with Crippen molar-refractivity contribution in [2.45, 2.75) is 12.5 Å². The molecular formula is C14H17FN2O. The van der Waals surface area contributed by atoms with E-state index >= 15 is 0 Å². The molecule has 2 heterocycles. The van der Waals surface area contributed by atoms with Gasteiger partial charge in [0, 0.05) is 31.2 Å². The minimum atomic E-state index is -0.347. The molecule has 1 aromatic rings. The highest BCUT2D eigenvalue weighted by Gasteiger charge is 2.42. The van der Waals surface area contributed by atoms with Crippen molar-refractivity contribution in [3.63, 3.8) is 0 Å². The summed E-state index contributed by atoms with van der Waals surface area (Å²) < 4.78 is 13.2. The lowest BCUT2D eigenvalue weighted by Crippen LogP contribution is -2.39. The molecular weight excluding hydrogens is 231 g/mol. The lowest BCUT2D eigenvalue weighted by Gasteiger charge is -2.24. The van der Waals surface area contributed by atoms with E-state index in [2.05, 4.69) is 11.9 Å². The minimum Gasteiger partial charge on any atom is -0.334 e. The van der Waals surface area contributed by atoms with Crippen LogP contribution in [-0.4, -0.2) is 48.4 Å². The molecule has 18 heavy (non-hydrogen) atoms. The van der Waals surface area contributed by atoms with E-state index < -0.39 is 0 Å². The van der Waals surface area contributed by atoms with Crippen molar-refractivity contribution in [3.8, 4) is 0 Å². The first-order valence-electron chi connectivity index (χ1n) is 6.40. The number of carbonyl (C=O) groups excluding carboxylic acids is 1. The molecule has 3 nitrogen and oxygen atoms in total. The Balaban J connectivity index is 1.81. The van der Waals surface area contributed by atoms with Crippen LogP contribution in [0.2, 0.25) is 0 Å². The molecule has 1 aromatic carbocycles. The van der Waals surface area contributed by atoms with Gasteiger partial charge in [-0.2, -0.15) is 0 Å². The molecule has 4 heteroatoms. The Morgan fingerprint density at radius 1 is 1.39 bits per heavy atom. The molecule has 0 N–H and O–H groups in total. The van der Waals surface area contributed by atoms with Crippen LogP contribution in [0.25, 0.3) is 0 Å². The zero-order chi connectivity index (χ0) is 12.7. The van der Waals surface area contributed by atoms with Crippen molar-refractivity contribution in [2.24, 2.45) is 5.92 Å². The Morgan fingerprint density at radius 2 is 2.22 bits per heavy atom. The number of rotatable bonds is 1. The van der Waals surface area contributed by atoms with E-state index in [0.29, 0.717) is 17.5 Å². The van der Waals surface area contributed by atoms with Crippen LogP contribution < -0.4 is 0 Å². The summed E-state index contributed by atoms with van der Waals surface area (Å²) in [4.78, 5) is 16.6. The van der Waals surface area contributed by atoms with E-state index in [1.54, 1.807) is 12.1 Å².